The first-order valence-electron chi connectivity index (χ1n) is 19.5. The summed E-state index contributed by atoms with van der Waals surface area (Å²) in [5.74, 6) is 0.318. The molecule has 1 aromatic carbocycles. The van der Waals surface area contributed by atoms with E-state index in [1.807, 2.05) is 12.1 Å². The summed E-state index contributed by atoms with van der Waals surface area (Å²) in [5.41, 5.74) is 1.58. The molecule has 3 aromatic rings. The van der Waals surface area contributed by atoms with Gasteiger partial charge in [-0.3, -0.25) is 19.8 Å². The maximum atomic E-state index is 13.0. The van der Waals surface area contributed by atoms with Crippen LogP contribution < -0.4 is 26.2 Å². The highest BCUT2D eigenvalue weighted by molar-refractivity contribution is 5.93. The van der Waals surface area contributed by atoms with Gasteiger partial charge in [-0.1, -0.05) is 25.5 Å². The molecule has 0 aliphatic carbocycles. The highest BCUT2D eigenvalue weighted by Gasteiger charge is 2.25. The molecule has 3 amide bonds. The molecule has 4 heterocycles. The number of ether oxygens (including phenoxy) is 1. The normalized spacial score (nSPS) is 16.1. The Labute approximate surface area is 328 Å². The van der Waals surface area contributed by atoms with Crippen LogP contribution in [0.1, 0.15) is 62.0 Å². The number of nitrogens with one attached hydrogen (secondary N) is 3. The van der Waals surface area contributed by atoms with E-state index in [1.165, 1.54) is 11.5 Å². The molecule has 56 heavy (non-hydrogen) atoms. The Morgan fingerprint density at radius 1 is 1.00 bits per heavy atom. The molecule has 302 valence electrons. The minimum absolute atomic E-state index is 0.0561. The van der Waals surface area contributed by atoms with Crippen LogP contribution in [0.15, 0.2) is 61.3 Å². The molecular weight excluding hydrogens is 717 g/mol. The minimum atomic E-state index is -1.14. The second-order valence-corrected chi connectivity index (χ2v) is 14.7. The lowest BCUT2D eigenvalue weighted by Crippen LogP contribution is -2.87. The van der Waals surface area contributed by atoms with Gasteiger partial charge in [-0.2, -0.15) is 4.98 Å². The first-order chi connectivity index (χ1) is 27.0. The molecule has 2 aliphatic heterocycles. The Balaban J connectivity index is 1.00. The van der Waals surface area contributed by atoms with E-state index < -0.39 is 11.7 Å². The molecule has 5 rings (SSSR count). The van der Waals surface area contributed by atoms with Gasteiger partial charge in [0.1, 0.15) is 30.1 Å². The number of aliphatic hydroxyl groups is 2. The van der Waals surface area contributed by atoms with Crippen molar-refractivity contribution in [1.29, 1.82) is 0 Å². The fourth-order valence-corrected chi connectivity index (χ4v) is 6.46. The van der Waals surface area contributed by atoms with E-state index in [9.17, 15) is 24.6 Å². The van der Waals surface area contributed by atoms with Crippen LogP contribution in [-0.2, 0) is 19.9 Å². The predicted molar refractivity (Wildman–Crippen MR) is 214 cm³/mol. The van der Waals surface area contributed by atoms with E-state index in [4.69, 9.17) is 4.74 Å². The van der Waals surface area contributed by atoms with Gasteiger partial charge in [0.15, 0.2) is 5.82 Å². The number of anilines is 5. The highest BCUT2D eigenvalue weighted by atomic mass is 16.5. The van der Waals surface area contributed by atoms with E-state index in [0.717, 1.165) is 69.8 Å². The number of β-amino-alcohol motifs (C(OH)–C–C–N with tert-alkyl or cyclic N) is 1. The van der Waals surface area contributed by atoms with Gasteiger partial charge in [-0.05, 0) is 82.1 Å². The number of carbonyl (C=O) groups is 3. The zero-order valence-corrected chi connectivity index (χ0v) is 32.6. The molecule has 1 atom stereocenters. The molecule has 2 saturated heterocycles. The van der Waals surface area contributed by atoms with Crippen molar-refractivity contribution in [3.05, 3.63) is 72.6 Å². The van der Waals surface area contributed by atoms with Crippen LogP contribution in [-0.4, -0.2) is 131 Å². The van der Waals surface area contributed by atoms with E-state index >= 15 is 0 Å². The zero-order valence-electron chi connectivity index (χ0n) is 32.6. The third-order valence-electron chi connectivity index (χ3n) is 9.71. The lowest BCUT2D eigenvalue weighted by atomic mass is 10.1. The van der Waals surface area contributed by atoms with Gasteiger partial charge in [0.05, 0.1) is 24.5 Å². The summed E-state index contributed by atoms with van der Waals surface area (Å²) < 4.78 is 5.49. The van der Waals surface area contributed by atoms with E-state index in [0.29, 0.717) is 61.5 Å². The molecule has 16 nitrogen and oxygen atoms in total. The smallest absolute Gasteiger partial charge is 0.348 e. The van der Waals surface area contributed by atoms with Gasteiger partial charge in [-0.15, -0.1) is 0 Å². The van der Waals surface area contributed by atoms with Crippen LogP contribution >= 0.6 is 0 Å². The number of hydrogen-bond acceptors (Lipinski definition) is 13. The second-order valence-electron chi connectivity index (χ2n) is 14.7. The molecule has 2 aromatic heterocycles. The zero-order chi connectivity index (χ0) is 39.9. The fraction of sp³-hybridized carbons (Fsp3) is 0.500. The van der Waals surface area contributed by atoms with Crippen molar-refractivity contribution in [3.63, 3.8) is 0 Å². The summed E-state index contributed by atoms with van der Waals surface area (Å²) >= 11 is 0. The van der Waals surface area contributed by atoms with Gasteiger partial charge in [0, 0.05) is 57.3 Å². The molecular formula is C40H57N10O6+. The number of aromatic nitrogens is 3. The van der Waals surface area contributed by atoms with Crippen molar-refractivity contribution < 1.29 is 34.7 Å². The molecule has 0 radical (unpaired) electrons. The maximum absolute atomic E-state index is 13.0. The molecule has 0 spiro atoms. The Hall–Kier alpha value is -5.00. The maximum Gasteiger partial charge on any atom is 0.348 e. The topological polar surface area (TPSA) is 202 Å². The molecule has 16 heteroatoms. The third-order valence-corrected chi connectivity index (χ3v) is 9.71. The largest absolute Gasteiger partial charge is 0.391 e. The molecule has 7 N–H and O–H groups in total. The average molecular weight is 774 g/mol. The van der Waals surface area contributed by atoms with Gasteiger partial charge in [0.25, 0.3) is 0 Å². The lowest BCUT2D eigenvalue weighted by Gasteiger charge is -2.36. The van der Waals surface area contributed by atoms with Gasteiger partial charge in [-0.25, -0.2) is 14.8 Å². The van der Waals surface area contributed by atoms with Crippen molar-refractivity contribution in [2.45, 2.75) is 57.7 Å². The van der Waals surface area contributed by atoms with Gasteiger partial charge >= 0.3 is 5.91 Å². The predicted octanol–water partition coefficient (Wildman–Crippen LogP) is 1.88. The summed E-state index contributed by atoms with van der Waals surface area (Å²) in [4.78, 5) is 57.0. The Morgan fingerprint density at radius 3 is 2.48 bits per heavy atom. The first kappa shape index (κ1) is 42.1. The second kappa shape index (κ2) is 20.8. The van der Waals surface area contributed by atoms with Gasteiger partial charge in [0.2, 0.25) is 17.8 Å². The number of benzene rings is 1. The number of rotatable bonds is 20. The lowest BCUT2D eigenvalue weighted by molar-refractivity contribution is -0.544. The molecule has 0 saturated carbocycles. The number of hydrogen-bond donors (Lipinski definition) is 6. The standard InChI is InChI=1S/C40H56N10O6/c1-4-17-41-38(54)32-25-43-39(47-37(32)46-34-11-9-10-33(45-34)40(2,3)55)44-29-12-14-30(15-13-29)49-22-20-48(21-23-49)18-7-5-6-8-24-56-28-35(52)42-26-36(53)50-19-16-31(51)27-50/h4,9-15,25,31,51,55H,1,5-8,16-24,26-28H2,2-3H3,(H,41,54)(H,42,52)(H2,43,44,45,46,47)/p+1/t31-/m1/s1. The first-order valence-corrected chi connectivity index (χ1v) is 19.5. The van der Waals surface area contributed by atoms with E-state index in [-0.39, 0.29) is 30.9 Å². The van der Waals surface area contributed by atoms with Crippen molar-refractivity contribution in [3.8, 4) is 0 Å². The molecule has 0 unspecified atom stereocenters. The number of nitrogens with zero attached hydrogens (tertiary/aromatic N) is 6. The SMILES string of the molecule is C=CC[NH2+]C(=O)c1cnc(Nc2ccc(N3CCN(CCCCCCOCC(=O)NCC(=O)N4CC[C@@H](O)C4)CC3)cc2)nc1Nc1cccc(C(C)(C)O)n1. The Bertz CT molecular complexity index is 1760. The van der Waals surface area contributed by atoms with Crippen LogP contribution in [0.5, 0.6) is 0 Å². The minimum Gasteiger partial charge on any atom is -0.391 e. The van der Waals surface area contributed by atoms with Crippen molar-refractivity contribution in [2.24, 2.45) is 0 Å². The number of aliphatic hydroxyl groups excluding tert-OH is 1. The molecule has 0 bridgehead atoms. The number of piperazine rings is 1. The Morgan fingerprint density at radius 2 is 1.77 bits per heavy atom. The van der Waals surface area contributed by atoms with Crippen LogP contribution in [0.25, 0.3) is 0 Å². The van der Waals surface area contributed by atoms with Crippen LogP contribution in [0.2, 0.25) is 0 Å². The third kappa shape index (κ3) is 13.1. The van der Waals surface area contributed by atoms with Crippen molar-refractivity contribution in [2.75, 3.05) is 87.7 Å². The number of carbonyl (C=O) groups excluding carboxylic acids is 3. The number of amides is 3. The monoisotopic (exact) mass is 773 g/mol. The van der Waals surface area contributed by atoms with Crippen LogP contribution in [0.4, 0.5) is 29.0 Å². The van der Waals surface area contributed by atoms with Crippen molar-refractivity contribution in [1.82, 2.24) is 30.1 Å². The Kier molecular flexibility index (Phi) is 15.6. The number of nitrogens with two attached hydrogens (primary N) is 1. The van der Waals surface area contributed by atoms with Crippen LogP contribution in [0.3, 0.4) is 0 Å². The van der Waals surface area contributed by atoms with E-state index in [1.54, 1.807) is 43.0 Å². The number of unbranched alkanes of at least 4 members (excludes halogenated alkanes) is 3. The van der Waals surface area contributed by atoms with Crippen LogP contribution in [0, 0.1) is 0 Å². The van der Waals surface area contributed by atoms with Crippen molar-refractivity contribution >= 4 is 46.7 Å². The number of primary amides is 1. The number of pyridine rings is 1. The summed E-state index contributed by atoms with van der Waals surface area (Å²) in [7, 11) is 0. The average Bonchev–Trinajstić information content (AvgIpc) is 3.63. The molecule has 2 aliphatic rings. The number of quaternary nitrogens is 1. The van der Waals surface area contributed by atoms with E-state index in [2.05, 4.69) is 59.4 Å². The molecule has 2 fully saturated rings. The highest BCUT2D eigenvalue weighted by Crippen LogP contribution is 2.25. The number of likely N-dealkylation sites (tertiary alicyclic amines) is 1. The summed E-state index contributed by atoms with van der Waals surface area (Å²) in [6.07, 6.45) is 7.37. The van der Waals surface area contributed by atoms with Gasteiger partial charge < -0.3 is 40.7 Å². The quantitative estimate of drug-likeness (QED) is 0.0719. The summed E-state index contributed by atoms with van der Waals surface area (Å²) in [5, 5.41) is 30.5. The summed E-state index contributed by atoms with van der Waals surface area (Å²) in [6, 6.07) is 13.4. The fourth-order valence-electron chi connectivity index (χ4n) is 6.46. The summed E-state index contributed by atoms with van der Waals surface area (Å²) in [6.45, 7) is 13.6.